The Morgan fingerprint density at radius 2 is 1.76 bits per heavy atom. The SMILES string of the molecule is CCCC(C)C(=O)OCCCCCCN1C(=O)C=CC1=O. The van der Waals surface area contributed by atoms with Gasteiger partial charge in [-0.1, -0.05) is 26.7 Å². The van der Waals surface area contributed by atoms with Gasteiger partial charge in [0.25, 0.3) is 11.8 Å². The fourth-order valence-corrected chi connectivity index (χ4v) is 2.24. The number of nitrogens with zero attached hydrogens (tertiary/aromatic N) is 1. The second kappa shape index (κ2) is 9.32. The Bertz CT molecular complexity index is 385. The summed E-state index contributed by atoms with van der Waals surface area (Å²) in [6.07, 6.45) is 7.92. The Balaban J connectivity index is 1.99. The Hall–Kier alpha value is -1.65. The van der Waals surface area contributed by atoms with Crippen LogP contribution in [0.4, 0.5) is 0 Å². The highest BCUT2D eigenvalue weighted by molar-refractivity contribution is 6.12. The molecule has 0 aromatic carbocycles. The Kier molecular flexibility index (Phi) is 7.72. The van der Waals surface area contributed by atoms with Crippen LogP contribution in [0.15, 0.2) is 12.2 Å². The summed E-state index contributed by atoms with van der Waals surface area (Å²) in [4.78, 5) is 35.4. The van der Waals surface area contributed by atoms with Crippen molar-refractivity contribution in [1.29, 1.82) is 0 Å². The molecule has 1 heterocycles. The number of esters is 1. The van der Waals surface area contributed by atoms with Crippen molar-refractivity contribution in [3.8, 4) is 0 Å². The number of ether oxygens (including phenoxy) is 1. The smallest absolute Gasteiger partial charge is 0.308 e. The quantitative estimate of drug-likeness (QED) is 0.353. The van der Waals surface area contributed by atoms with E-state index in [4.69, 9.17) is 4.74 Å². The van der Waals surface area contributed by atoms with Gasteiger partial charge in [-0.3, -0.25) is 19.3 Å². The molecule has 0 bridgehead atoms. The van der Waals surface area contributed by atoms with E-state index < -0.39 is 0 Å². The number of unbranched alkanes of at least 4 members (excludes halogenated alkanes) is 3. The summed E-state index contributed by atoms with van der Waals surface area (Å²) in [6.45, 7) is 4.87. The van der Waals surface area contributed by atoms with Gasteiger partial charge in [-0.15, -0.1) is 0 Å². The number of hydrogen-bond acceptors (Lipinski definition) is 4. The molecule has 118 valence electrons. The molecule has 21 heavy (non-hydrogen) atoms. The van der Waals surface area contributed by atoms with E-state index in [2.05, 4.69) is 6.92 Å². The summed E-state index contributed by atoms with van der Waals surface area (Å²) in [6, 6.07) is 0. The first kappa shape index (κ1) is 17.4. The molecule has 2 amide bonds. The summed E-state index contributed by atoms with van der Waals surface area (Å²) in [5.74, 6) is -0.580. The fraction of sp³-hybridized carbons (Fsp3) is 0.688. The third-order valence-corrected chi connectivity index (χ3v) is 3.54. The van der Waals surface area contributed by atoms with Crippen LogP contribution >= 0.6 is 0 Å². The van der Waals surface area contributed by atoms with Gasteiger partial charge in [0.05, 0.1) is 12.5 Å². The first-order valence-electron chi connectivity index (χ1n) is 7.76. The van der Waals surface area contributed by atoms with Crippen LogP contribution in [-0.2, 0) is 19.1 Å². The summed E-state index contributed by atoms with van der Waals surface area (Å²) >= 11 is 0. The lowest BCUT2D eigenvalue weighted by Gasteiger charge is -2.13. The number of rotatable bonds is 10. The molecular weight excluding hydrogens is 270 g/mol. The van der Waals surface area contributed by atoms with Gasteiger partial charge in [0, 0.05) is 18.7 Å². The molecule has 0 N–H and O–H groups in total. The average molecular weight is 295 g/mol. The topological polar surface area (TPSA) is 63.7 Å². The van der Waals surface area contributed by atoms with Crippen LogP contribution in [-0.4, -0.2) is 35.8 Å². The van der Waals surface area contributed by atoms with E-state index in [0.29, 0.717) is 13.2 Å². The minimum atomic E-state index is -0.223. The van der Waals surface area contributed by atoms with Crippen LogP contribution < -0.4 is 0 Å². The maximum absolute atomic E-state index is 11.6. The maximum Gasteiger partial charge on any atom is 0.308 e. The van der Waals surface area contributed by atoms with E-state index in [1.165, 1.54) is 17.1 Å². The van der Waals surface area contributed by atoms with Gasteiger partial charge in [0.1, 0.15) is 0 Å². The molecule has 0 saturated carbocycles. The van der Waals surface area contributed by atoms with Crippen molar-refractivity contribution in [2.24, 2.45) is 5.92 Å². The molecule has 5 nitrogen and oxygen atoms in total. The minimum Gasteiger partial charge on any atom is -0.465 e. The molecule has 5 heteroatoms. The van der Waals surface area contributed by atoms with E-state index >= 15 is 0 Å². The lowest BCUT2D eigenvalue weighted by Crippen LogP contribution is -2.30. The van der Waals surface area contributed by atoms with Gasteiger partial charge in [-0.25, -0.2) is 0 Å². The van der Waals surface area contributed by atoms with Crippen molar-refractivity contribution in [3.05, 3.63) is 12.2 Å². The summed E-state index contributed by atoms with van der Waals surface area (Å²) in [5.41, 5.74) is 0. The van der Waals surface area contributed by atoms with E-state index in [0.717, 1.165) is 38.5 Å². The summed E-state index contributed by atoms with van der Waals surface area (Å²) in [5, 5.41) is 0. The molecule has 0 spiro atoms. The molecule has 0 saturated heterocycles. The van der Waals surface area contributed by atoms with Crippen LogP contribution in [0.3, 0.4) is 0 Å². The molecule has 0 aliphatic carbocycles. The van der Waals surface area contributed by atoms with Gasteiger partial charge in [0.15, 0.2) is 0 Å². The monoisotopic (exact) mass is 295 g/mol. The van der Waals surface area contributed by atoms with Gasteiger partial charge in [0.2, 0.25) is 0 Å². The van der Waals surface area contributed by atoms with Gasteiger partial charge < -0.3 is 4.74 Å². The third-order valence-electron chi connectivity index (χ3n) is 3.54. The second-order valence-corrected chi connectivity index (χ2v) is 5.43. The predicted molar refractivity (Wildman–Crippen MR) is 79.4 cm³/mol. The van der Waals surface area contributed by atoms with E-state index in [9.17, 15) is 14.4 Å². The molecule has 0 radical (unpaired) electrons. The Labute approximate surface area is 126 Å². The molecule has 1 atom stereocenters. The van der Waals surface area contributed by atoms with Crippen molar-refractivity contribution >= 4 is 17.8 Å². The van der Waals surface area contributed by atoms with Crippen molar-refractivity contribution in [2.75, 3.05) is 13.2 Å². The van der Waals surface area contributed by atoms with Crippen molar-refractivity contribution < 1.29 is 19.1 Å². The molecule has 0 aromatic rings. The molecular formula is C16H25NO4. The minimum absolute atomic E-state index is 0.0188. The highest BCUT2D eigenvalue weighted by Gasteiger charge is 2.22. The van der Waals surface area contributed by atoms with Crippen LogP contribution in [0, 0.1) is 5.92 Å². The lowest BCUT2D eigenvalue weighted by molar-refractivity contribution is -0.148. The molecule has 1 aliphatic rings. The lowest BCUT2D eigenvalue weighted by atomic mass is 10.1. The van der Waals surface area contributed by atoms with Gasteiger partial charge >= 0.3 is 5.97 Å². The maximum atomic E-state index is 11.6. The van der Waals surface area contributed by atoms with Crippen LogP contribution in [0.1, 0.15) is 52.4 Å². The van der Waals surface area contributed by atoms with E-state index in [1.807, 2.05) is 6.92 Å². The number of carbonyl (C=O) groups is 3. The van der Waals surface area contributed by atoms with Gasteiger partial charge in [-0.05, 0) is 25.7 Å². The summed E-state index contributed by atoms with van der Waals surface area (Å²) in [7, 11) is 0. The molecule has 1 aliphatic heterocycles. The largest absolute Gasteiger partial charge is 0.465 e. The van der Waals surface area contributed by atoms with E-state index in [-0.39, 0.29) is 23.7 Å². The van der Waals surface area contributed by atoms with Crippen LogP contribution in [0.2, 0.25) is 0 Å². The van der Waals surface area contributed by atoms with Gasteiger partial charge in [-0.2, -0.15) is 0 Å². The number of hydrogen-bond donors (Lipinski definition) is 0. The van der Waals surface area contributed by atoms with Crippen molar-refractivity contribution in [3.63, 3.8) is 0 Å². The normalized spacial score (nSPS) is 15.6. The molecule has 1 unspecified atom stereocenters. The second-order valence-electron chi connectivity index (χ2n) is 5.43. The highest BCUT2D eigenvalue weighted by Crippen LogP contribution is 2.09. The van der Waals surface area contributed by atoms with Crippen LogP contribution in [0.25, 0.3) is 0 Å². The summed E-state index contributed by atoms with van der Waals surface area (Å²) < 4.78 is 5.20. The zero-order chi connectivity index (χ0) is 15.7. The van der Waals surface area contributed by atoms with Crippen molar-refractivity contribution in [2.45, 2.75) is 52.4 Å². The number of carbonyl (C=O) groups excluding carboxylic acids is 3. The number of imide groups is 1. The zero-order valence-corrected chi connectivity index (χ0v) is 13.0. The highest BCUT2D eigenvalue weighted by atomic mass is 16.5. The van der Waals surface area contributed by atoms with E-state index in [1.54, 1.807) is 0 Å². The molecule has 0 fully saturated rings. The average Bonchev–Trinajstić information content (AvgIpc) is 2.77. The Morgan fingerprint density at radius 3 is 2.38 bits per heavy atom. The third kappa shape index (κ3) is 6.10. The predicted octanol–water partition coefficient (Wildman–Crippen LogP) is 2.45. The van der Waals surface area contributed by atoms with Crippen molar-refractivity contribution in [1.82, 2.24) is 4.90 Å². The molecule has 1 rings (SSSR count). The molecule has 0 aromatic heterocycles. The number of amides is 2. The standard InChI is InChI=1S/C16H25NO4/c1-3-8-13(2)16(20)21-12-7-5-4-6-11-17-14(18)9-10-15(17)19/h9-10,13H,3-8,11-12H2,1-2H3. The zero-order valence-electron chi connectivity index (χ0n) is 13.0. The first-order valence-corrected chi connectivity index (χ1v) is 7.76. The first-order chi connectivity index (χ1) is 10.1. The Morgan fingerprint density at radius 1 is 1.14 bits per heavy atom. The van der Waals surface area contributed by atoms with Crippen LogP contribution in [0.5, 0.6) is 0 Å². The fourth-order valence-electron chi connectivity index (χ4n) is 2.24.